The van der Waals surface area contributed by atoms with E-state index in [0.717, 1.165) is 6.42 Å². The van der Waals surface area contributed by atoms with E-state index in [4.69, 9.17) is 4.74 Å². The summed E-state index contributed by atoms with van der Waals surface area (Å²) < 4.78 is 10.1. The first-order valence-electron chi connectivity index (χ1n) is 5.94. The highest BCUT2D eigenvalue weighted by Gasteiger charge is 2.24. The topological polar surface area (TPSA) is 90.7 Å². The van der Waals surface area contributed by atoms with E-state index in [9.17, 15) is 14.9 Å². The van der Waals surface area contributed by atoms with Crippen molar-refractivity contribution in [2.75, 3.05) is 25.6 Å². The van der Waals surface area contributed by atoms with Crippen LogP contribution < -0.4 is 5.32 Å². The van der Waals surface area contributed by atoms with Crippen molar-refractivity contribution in [3.63, 3.8) is 0 Å². The monoisotopic (exact) mass is 344 g/mol. The molecule has 1 heterocycles. The third-order valence-electron chi connectivity index (χ3n) is 2.98. The molecule has 1 atom stereocenters. The number of benzene rings is 1. The van der Waals surface area contributed by atoms with Crippen molar-refractivity contribution in [3.8, 4) is 0 Å². The quantitative estimate of drug-likeness (QED) is 0.500. The van der Waals surface area contributed by atoms with Crippen molar-refractivity contribution in [1.29, 1.82) is 0 Å². The van der Waals surface area contributed by atoms with Gasteiger partial charge in [0.15, 0.2) is 0 Å². The van der Waals surface area contributed by atoms with Gasteiger partial charge in [-0.15, -0.1) is 0 Å². The Morgan fingerprint density at radius 1 is 1.65 bits per heavy atom. The van der Waals surface area contributed by atoms with Crippen molar-refractivity contribution in [1.82, 2.24) is 0 Å². The number of nitrogens with one attached hydrogen (secondary N) is 1. The summed E-state index contributed by atoms with van der Waals surface area (Å²) in [6, 6.07) is 2.78. The van der Waals surface area contributed by atoms with Crippen LogP contribution in [0.3, 0.4) is 0 Å². The molecule has 20 heavy (non-hydrogen) atoms. The summed E-state index contributed by atoms with van der Waals surface area (Å²) in [7, 11) is 1.26. The molecule has 1 saturated heterocycles. The van der Waals surface area contributed by atoms with Gasteiger partial charge in [-0.2, -0.15) is 0 Å². The number of hydrogen-bond donors (Lipinski definition) is 1. The molecule has 8 heteroatoms. The Labute approximate surface area is 123 Å². The van der Waals surface area contributed by atoms with Gasteiger partial charge in [0.25, 0.3) is 0 Å². The molecular weight excluding hydrogens is 332 g/mol. The van der Waals surface area contributed by atoms with E-state index in [0.29, 0.717) is 13.2 Å². The highest BCUT2D eigenvalue weighted by molar-refractivity contribution is 9.10. The van der Waals surface area contributed by atoms with E-state index in [1.54, 1.807) is 0 Å². The first-order chi connectivity index (χ1) is 9.52. The largest absolute Gasteiger partial charge is 0.465 e. The average molecular weight is 345 g/mol. The van der Waals surface area contributed by atoms with Gasteiger partial charge in [-0.25, -0.2) is 4.79 Å². The van der Waals surface area contributed by atoms with E-state index in [-0.39, 0.29) is 27.5 Å². The lowest BCUT2D eigenvalue weighted by molar-refractivity contribution is -0.384. The second-order valence-corrected chi connectivity index (χ2v) is 5.12. The molecule has 7 nitrogen and oxygen atoms in total. The van der Waals surface area contributed by atoms with Gasteiger partial charge in [-0.05, 0) is 34.5 Å². The molecule has 0 aromatic heterocycles. The zero-order valence-corrected chi connectivity index (χ0v) is 12.3. The van der Waals surface area contributed by atoms with Crippen LogP contribution in [-0.2, 0) is 9.47 Å². The van der Waals surface area contributed by atoms with Crippen LogP contribution in [0.15, 0.2) is 16.6 Å². The molecule has 0 saturated carbocycles. The molecule has 2 rings (SSSR count). The van der Waals surface area contributed by atoms with Crippen molar-refractivity contribution in [3.05, 3.63) is 32.3 Å². The third kappa shape index (κ3) is 3.07. The molecule has 0 aliphatic carbocycles. The summed E-state index contributed by atoms with van der Waals surface area (Å²) >= 11 is 3.11. The highest BCUT2D eigenvalue weighted by atomic mass is 79.9. The molecule has 1 unspecified atom stereocenters. The molecule has 1 aromatic carbocycles. The Hall–Kier alpha value is -1.67. The number of carbonyl (C=O) groups excluding carboxylic acids is 1. The second-order valence-electron chi connectivity index (χ2n) is 4.27. The number of halogens is 1. The first-order valence-corrected chi connectivity index (χ1v) is 6.74. The van der Waals surface area contributed by atoms with Gasteiger partial charge in [0.05, 0.1) is 28.2 Å². The zero-order chi connectivity index (χ0) is 14.7. The minimum absolute atomic E-state index is 0.0511. The van der Waals surface area contributed by atoms with Crippen LogP contribution >= 0.6 is 15.9 Å². The van der Waals surface area contributed by atoms with E-state index in [2.05, 4.69) is 26.0 Å². The van der Waals surface area contributed by atoms with Gasteiger partial charge in [0.2, 0.25) is 0 Å². The van der Waals surface area contributed by atoms with Crippen LogP contribution in [0.4, 0.5) is 11.4 Å². The van der Waals surface area contributed by atoms with Crippen LogP contribution in [0, 0.1) is 10.1 Å². The molecule has 1 aromatic rings. The fourth-order valence-electron chi connectivity index (χ4n) is 1.82. The number of ether oxygens (including phenoxy) is 2. The van der Waals surface area contributed by atoms with Crippen LogP contribution in [0.2, 0.25) is 0 Å². The minimum Gasteiger partial charge on any atom is -0.465 e. The Kier molecular flexibility index (Phi) is 4.56. The van der Waals surface area contributed by atoms with Gasteiger partial charge in [0.1, 0.15) is 5.69 Å². The van der Waals surface area contributed by atoms with E-state index >= 15 is 0 Å². The smallest absolute Gasteiger partial charge is 0.337 e. The Morgan fingerprint density at radius 2 is 2.35 bits per heavy atom. The summed E-state index contributed by atoms with van der Waals surface area (Å²) in [5.74, 6) is -0.552. The van der Waals surface area contributed by atoms with Crippen LogP contribution in [0.25, 0.3) is 0 Å². The molecular formula is C12H13BrN2O5. The van der Waals surface area contributed by atoms with Crippen LogP contribution in [-0.4, -0.2) is 37.3 Å². The lowest BCUT2D eigenvalue weighted by Crippen LogP contribution is -2.33. The predicted molar refractivity (Wildman–Crippen MR) is 75.0 cm³/mol. The molecule has 0 spiro atoms. The molecule has 0 amide bonds. The van der Waals surface area contributed by atoms with E-state index in [1.165, 1.54) is 19.2 Å². The van der Waals surface area contributed by atoms with E-state index < -0.39 is 10.9 Å². The van der Waals surface area contributed by atoms with Gasteiger partial charge in [0, 0.05) is 13.2 Å². The number of anilines is 1. The van der Waals surface area contributed by atoms with Gasteiger partial charge < -0.3 is 14.8 Å². The standard InChI is InChI=1S/C12H13BrN2O5/c1-19-12(16)7-4-9(13)11(15(17)18)10(5-7)14-6-8-2-3-20-8/h4-5,8,14H,2-3,6H2,1H3. The predicted octanol–water partition coefficient (Wildman–Crippen LogP) is 2.34. The number of hydrogen-bond acceptors (Lipinski definition) is 6. The maximum atomic E-state index is 11.5. The fraction of sp³-hybridized carbons (Fsp3) is 0.417. The number of rotatable bonds is 5. The van der Waals surface area contributed by atoms with Crippen molar-refractivity contribution >= 4 is 33.3 Å². The van der Waals surface area contributed by atoms with Gasteiger partial charge in [-0.3, -0.25) is 10.1 Å². The number of nitro groups is 1. The summed E-state index contributed by atoms with van der Waals surface area (Å²) in [4.78, 5) is 22.1. The molecule has 1 aliphatic heterocycles. The summed E-state index contributed by atoms with van der Waals surface area (Å²) in [6.45, 7) is 1.16. The number of nitro benzene ring substituents is 1. The van der Waals surface area contributed by atoms with E-state index in [1.807, 2.05) is 0 Å². The molecule has 1 fully saturated rings. The highest BCUT2D eigenvalue weighted by Crippen LogP contribution is 2.35. The normalized spacial score (nSPS) is 17.2. The summed E-state index contributed by atoms with van der Waals surface area (Å²) in [6.07, 6.45) is 0.966. The lowest BCUT2D eigenvalue weighted by atomic mass is 10.1. The summed E-state index contributed by atoms with van der Waals surface area (Å²) in [5.41, 5.74) is 0.388. The molecule has 1 aliphatic rings. The first kappa shape index (κ1) is 14.7. The SMILES string of the molecule is COC(=O)c1cc(Br)c([N+](=O)[O-])c(NCC2CCO2)c1. The van der Waals surface area contributed by atoms with Crippen LogP contribution in [0.5, 0.6) is 0 Å². The molecule has 0 bridgehead atoms. The minimum atomic E-state index is -0.552. The third-order valence-corrected chi connectivity index (χ3v) is 3.59. The lowest BCUT2D eigenvalue weighted by Gasteiger charge is -2.26. The average Bonchev–Trinajstić information content (AvgIpc) is 2.34. The number of nitrogens with zero attached hydrogens (tertiary/aromatic N) is 1. The Morgan fingerprint density at radius 3 is 2.85 bits per heavy atom. The number of carbonyl (C=O) groups is 1. The van der Waals surface area contributed by atoms with Gasteiger partial charge in [-0.1, -0.05) is 0 Å². The number of esters is 1. The fourth-order valence-corrected chi connectivity index (χ4v) is 2.43. The van der Waals surface area contributed by atoms with Crippen molar-refractivity contribution in [2.45, 2.75) is 12.5 Å². The Balaban J connectivity index is 2.30. The number of methoxy groups -OCH3 is 1. The molecule has 0 radical (unpaired) electrons. The Bertz CT molecular complexity index is 545. The maximum Gasteiger partial charge on any atom is 0.337 e. The van der Waals surface area contributed by atoms with Gasteiger partial charge >= 0.3 is 11.7 Å². The molecule has 108 valence electrons. The van der Waals surface area contributed by atoms with Crippen molar-refractivity contribution in [2.24, 2.45) is 0 Å². The maximum absolute atomic E-state index is 11.5. The van der Waals surface area contributed by atoms with Crippen LogP contribution in [0.1, 0.15) is 16.8 Å². The second kappa shape index (κ2) is 6.19. The molecule has 1 N–H and O–H groups in total. The zero-order valence-electron chi connectivity index (χ0n) is 10.7. The summed E-state index contributed by atoms with van der Waals surface area (Å²) in [5, 5.41) is 14.1. The van der Waals surface area contributed by atoms with Crippen molar-refractivity contribution < 1.29 is 19.2 Å².